The molecule has 0 spiro atoms. The van der Waals surface area contributed by atoms with Crippen LogP contribution < -0.4 is 5.73 Å². The van der Waals surface area contributed by atoms with Crippen molar-refractivity contribution in [2.24, 2.45) is 5.73 Å². The van der Waals surface area contributed by atoms with Gasteiger partial charge in [-0.25, -0.2) is 0 Å². The number of thiocarbonyl (C=S) groups is 1. The Kier molecular flexibility index (Phi) is 2.21. The first kappa shape index (κ1) is 8.28. The lowest BCUT2D eigenvalue weighted by Gasteiger charge is -2.33. The fourth-order valence-corrected chi connectivity index (χ4v) is 1.67. The summed E-state index contributed by atoms with van der Waals surface area (Å²) in [6.07, 6.45) is 0. The van der Waals surface area contributed by atoms with Gasteiger partial charge in [0.25, 0.3) is 0 Å². The highest BCUT2D eigenvalue weighted by Crippen LogP contribution is 2.12. The highest BCUT2D eigenvalue weighted by molar-refractivity contribution is 7.80. The van der Waals surface area contributed by atoms with Crippen LogP contribution in [0.1, 0.15) is 0 Å². The number of rotatable bonds is 1. The molecule has 0 saturated carbocycles. The molecule has 6 heteroatoms. The standard InChI is InChI=1S/C6H12BN3OS/c8-6(12)9-1-3-10(4-2-9)7-5-11-7/h1-5H2,(H2,8,12). The Balaban J connectivity index is 1.80. The summed E-state index contributed by atoms with van der Waals surface area (Å²) in [5.74, 6) is 0. The lowest BCUT2D eigenvalue weighted by Crippen LogP contribution is -2.52. The Morgan fingerprint density at radius 3 is 2.33 bits per heavy atom. The van der Waals surface area contributed by atoms with E-state index in [0.29, 0.717) is 12.2 Å². The van der Waals surface area contributed by atoms with E-state index < -0.39 is 0 Å². The van der Waals surface area contributed by atoms with Gasteiger partial charge >= 0.3 is 7.05 Å². The summed E-state index contributed by atoms with van der Waals surface area (Å²) in [6, 6.07) is 0. The van der Waals surface area contributed by atoms with Crippen LogP contribution in [0.15, 0.2) is 0 Å². The fourth-order valence-electron chi connectivity index (χ4n) is 1.48. The van der Waals surface area contributed by atoms with E-state index in [9.17, 15) is 0 Å². The molecule has 0 aromatic carbocycles. The Bertz CT molecular complexity index is 191. The van der Waals surface area contributed by atoms with Gasteiger partial charge < -0.3 is 20.1 Å². The molecule has 2 fully saturated rings. The summed E-state index contributed by atoms with van der Waals surface area (Å²) in [5, 5.41) is 0.520. The normalized spacial score (nSPS) is 24.3. The fraction of sp³-hybridized carbons (Fsp3) is 0.833. The minimum atomic E-state index is 0.387. The van der Waals surface area contributed by atoms with Crippen LogP contribution in [-0.4, -0.2) is 54.6 Å². The Morgan fingerprint density at radius 2 is 1.92 bits per heavy atom. The van der Waals surface area contributed by atoms with Gasteiger partial charge in [-0.05, 0) is 12.2 Å². The van der Waals surface area contributed by atoms with E-state index in [-0.39, 0.29) is 0 Å². The number of hydrogen-bond acceptors (Lipinski definition) is 3. The minimum absolute atomic E-state index is 0.387. The Labute approximate surface area is 77.8 Å². The molecule has 0 bridgehead atoms. The smallest absolute Gasteiger partial charge is 0.407 e. The van der Waals surface area contributed by atoms with Crippen molar-refractivity contribution in [3.63, 3.8) is 0 Å². The van der Waals surface area contributed by atoms with Crippen molar-refractivity contribution in [3.8, 4) is 0 Å². The molecule has 2 rings (SSSR count). The third kappa shape index (κ3) is 1.70. The lowest BCUT2D eigenvalue weighted by molar-refractivity contribution is 0.262. The molecule has 0 aliphatic carbocycles. The second-order valence-corrected chi connectivity index (χ2v) is 3.57. The van der Waals surface area contributed by atoms with Crippen LogP contribution in [0.25, 0.3) is 0 Å². The van der Waals surface area contributed by atoms with Gasteiger partial charge in [-0.3, -0.25) is 0 Å². The molecular formula is C6H12BN3OS. The number of hydrogen-bond donors (Lipinski definition) is 1. The van der Waals surface area contributed by atoms with Crippen LogP contribution in [0, 0.1) is 0 Å². The van der Waals surface area contributed by atoms with Crippen molar-refractivity contribution in [1.82, 2.24) is 9.71 Å². The topological polar surface area (TPSA) is 45.0 Å². The molecule has 0 atom stereocenters. The van der Waals surface area contributed by atoms with Crippen molar-refractivity contribution in [2.75, 3.05) is 32.7 Å². The van der Waals surface area contributed by atoms with E-state index in [2.05, 4.69) is 4.81 Å². The van der Waals surface area contributed by atoms with Gasteiger partial charge in [-0.15, -0.1) is 0 Å². The largest absolute Gasteiger partial charge is 0.423 e. The lowest BCUT2D eigenvalue weighted by atomic mass is 9.92. The molecule has 2 saturated heterocycles. The first-order valence-electron chi connectivity index (χ1n) is 4.17. The van der Waals surface area contributed by atoms with E-state index in [4.69, 9.17) is 22.6 Å². The van der Waals surface area contributed by atoms with Crippen LogP contribution in [0.5, 0.6) is 0 Å². The highest BCUT2D eigenvalue weighted by atomic mass is 32.1. The summed E-state index contributed by atoms with van der Waals surface area (Å²) in [7, 11) is 0.387. The maximum absolute atomic E-state index is 5.51. The number of nitrogens with two attached hydrogens (primary N) is 1. The van der Waals surface area contributed by atoms with Gasteiger partial charge in [-0.1, -0.05) is 0 Å². The highest BCUT2D eigenvalue weighted by Gasteiger charge is 2.38. The van der Waals surface area contributed by atoms with E-state index in [1.165, 1.54) is 0 Å². The third-order valence-corrected chi connectivity index (χ3v) is 2.61. The maximum atomic E-state index is 5.51. The van der Waals surface area contributed by atoms with Gasteiger partial charge in [0.15, 0.2) is 5.11 Å². The number of nitrogens with zero attached hydrogens (tertiary/aromatic N) is 2. The molecule has 0 aromatic heterocycles. The van der Waals surface area contributed by atoms with Crippen molar-refractivity contribution in [2.45, 2.75) is 0 Å². The molecule has 2 aliphatic rings. The first-order chi connectivity index (χ1) is 5.77. The molecular weight excluding hydrogens is 173 g/mol. The summed E-state index contributed by atoms with van der Waals surface area (Å²) in [5.41, 5.74) is 5.51. The van der Waals surface area contributed by atoms with E-state index in [1.54, 1.807) is 0 Å². The van der Waals surface area contributed by atoms with Gasteiger partial charge in [0.1, 0.15) is 0 Å². The van der Waals surface area contributed by atoms with Crippen LogP contribution in [0.2, 0.25) is 0 Å². The van der Waals surface area contributed by atoms with Gasteiger partial charge in [0.2, 0.25) is 0 Å². The summed E-state index contributed by atoms with van der Waals surface area (Å²) >= 11 is 4.89. The molecule has 0 radical (unpaired) electrons. The summed E-state index contributed by atoms with van der Waals surface area (Å²) in [6.45, 7) is 4.81. The Hall–Kier alpha value is -0.325. The summed E-state index contributed by atoms with van der Waals surface area (Å²) < 4.78 is 5.19. The molecule has 0 aromatic rings. The van der Waals surface area contributed by atoms with Crippen LogP contribution in [0.4, 0.5) is 0 Å². The molecule has 2 heterocycles. The zero-order valence-electron chi connectivity index (χ0n) is 6.90. The molecule has 2 aliphatic heterocycles. The van der Waals surface area contributed by atoms with Gasteiger partial charge in [0, 0.05) is 26.2 Å². The van der Waals surface area contributed by atoms with E-state index in [1.807, 2.05) is 4.90 Å². The number of piperazine rings is 1. The average molecular weight is 185 g/mol. The molecule has 12 heavy (non-hydrogen) atoms. The SMILES string of the molecule is NC(=S)N1CCN(B2CO2)CC1. The quantitative estimate of drug-likeness (QED) is 0.319. The predicted molar refractivity (Wildman–Crippen MR) is 51.6 cm³/mol. The van der Waals surface area contributed by atoms with E-state index in [0.717, 1.165) is 32.7 Å². The molecule has 0 amide bonds. The predicted octanol–water partition coefficient (Wildman–Crippen LogP) is -1.09. The molecule has 0 unspecified atom stereocenters. The van der Waals surface area contributed by atoms with Crippen molar-refractivity contribution in [1.29, 1.82) is 0 Å². The van der Waals surface area contributed by atoms with Gasteiger partial charge in [-0.2, -0.15) is 0 Å². The van der Waals surface area contributed by atoms with Crippen LogP contribution in [-0.2, 0) is 4.65 Å². The van der Waals surface area contributed by atoms with Crippen LogP contribution in [0.3, 0.4) is 0 Å². The van der Waals surface area contributed by atoms with Crippen molar-refractivity contribution >= 4 is 24.4 Å². The average Bonchev–Trinajstić information content (AvgIpc) is 2.87. The summed E-state index contributed by atoms with van der Waals surface area (Å²) in [4.78, 5) is 4.36. The zero-order valence-corrected chi connectivity index (χ0v) is 7.72. The van der Waals surface area contributed by atoms with Gasteiger partial charge in [0.05, 0.1) is 6.51 Å². The van der Waals surface area contributed by atoms with Crippen molar-refractivity contribution in [3.05, 3.63) is 0 Å². The third-order valence-electron chi connectivity index (χ3n) is 2.35. The van der Waals surface area contributed by atoms with Crippen LogP contribution >= 0.6 is 12.2 Å². The molecule has 2 N–H and O–H groups in total. The Morgan fingerprint density at radius 1 is 1.33 bits per heavy atom. The molecule has 4 nitrogen and oxygen atoms in total. The molecule has 66 valence electrons. The first-order valence-corrected chi connectivity index (χ1v) is 4.58. The maximum Gasteiger partial charge on any atom is 0.407 e. The minimum Gasteiger partial charge on any atom is -0.423 e. The zero-order chi connectivity index (χ0) is 8.55. The van der Waals surface area contributed by atoms with E-state index >= 15 is 0 Å². The second-order valence-electron chi connectivity index (χ2n) is 3.15. The van der Waals surface area contributed by atoms with Crippen molar-refractivity contribution < 1.29 is 4.65 Å². The second kappa shape index (κ2) is 3.20. The monoisotopic (exact) mass is 185 g/mol.